The van der Waals surface area contributed by atoms with Crippen LogP contribution in [0, 0.1) is 0 Å². The number of aromatic carboxylic acids is 1. The van der Waals surface area contributed by atoms with Crippen molar-refractivity contribution >= 4 is 5.97 Å². The van der Waals surface area contributed by atoms with Gasteiger partial charge in [0.2, 0.25) is 0 Å². The Balaban J connectivity index is 2.59. The maximum absolute atomic E-state index is 10.8. The summed E-state index contributed by atoms with van der Waals surface area (Å²) in [4.78, 5) is 17.0. The van der Waals surface area contributed by atoms with Gasteiger partial charge in [-0.1, -0.05) is 0 Å². The van der Waals surface area contributed by atoms with Crippen molar-refractivity contribution < 1.29 is 9.90 Å². The summed E-state index contributed by atoms with van der Waals surface area (Å²) < 4.78 is 0. The molecular formula is C11H17N3O2. The minimum Gasteiger partial charge on any atom is -0.478 e. The van der Waals surface area contributed by atoms with Gasteiger partial charge in [-0.05, 0) is 26.2 Å². The van der Waals surface area contributed by atoms with Gasteiger partial charge >= 0.3 is 5.97 Å². The Labute approximate surface area is 95.1 Å². The highest BCUT2D eigenvalue weighted by Gasteiger charge is 2.06. The Morgan fingerprint density at radius 2 is 2.38 bits per heavy atom. The van der Waals surface area contributed by atoms with E-state index in [4.69, 9.17) is 5.11 Å². The van der Waals surface area contributed by atoms with Crippen molar-refractivity contribution in [2.75, 3.05) is 27.2 Å². The number of carboxylic acids is 1. The van der Waals surface area contributed by atoms with E-state index in [1.54, 1.807) is 6.07 Å². The second kappa shape index (κ2) is 6.19. The first-order valence-corrected chi connectivity index (χ1v) is 5.15. The normalized spacial score (nSPS) is 10.7. The Morgan fingerprint density at radius 3 is 3.00 bits per heavy atom. The van der Waals surface area contributed by atoms with E-state index in [2.05, 4.69) is 15.2 Å². The van der Waals surface area contributed by atoms with E-state index in [9.17, 15) is 4.79 Å². The fourth-order valence-corrected chi connectivity index (χ4v) is 1.36. The van der Waals surface area contributed by atoms with Crippen LogP contribution in [0.25, 0.3) is 0 Å². The molecule has 0 fully saturated rings. The van der Waals surface area contributed by atoms with E-state index in [1.807, 2.05) is 14.1 Å². The van der Waals surface area contributed by atoms with Gasteiger partial charge in [-0.3, -0.25) is 9.88 Å². The van der Waals surface area contributed by atoms with Crippen LogP contribution in [0.4, 0.5) is 0 Å². The number of nitrogens with zero attached hydrogens (tertiary/aromatic N) is 2. The summed E-state index contributed by atoms with van der Waals surface area (Å²) in [5.41, 5.74) is 1.06. The summed E-state index contributed by atoms with van der Waals surface area (Å²) in [7, 11) is 3.88. The van der Waals surface area contributed by atoms with Crippen LogP contribution < -0.4 is 5.32 Å². The maximum atomic E-state index is 10.8. The minimum atomic E-state index is -0.915. The highest BCUT2D eigenvalue weighted by Crippen LogP contribution is 2.04. The molecule has 1 aromatic heterocycles. The number of carboxylic acid groups (broad SMARTS) is 1. The van der Waals surface area contributed by atoms with E-state index in [1.165, 1.54) is 12.3 Å². The Morgan fingerprint density at radius 1 is 1.62 bits per heavy atom. The molecule has 0 aliphatic heterocycles. The number of aromatic nitrogens is 1. The molecule has 1 aromatic rings. The average Bonchev–Trinajstić information content (AvgIpc) is 2.26. The first kappa shape index (κ1) is 12.6. The molecular weight excluding hydrogens is 206 g/mol. The van der Waals surface area contributed by atoms with Crippen LogP contribution in [0.5, 0.6) is 0 Å². The smallest absolute Gasteiger partial charge is 0.335 e. The van der Waals surface area contributed by atoms with Crippen LogP contribution in [-0.4, -0.2) is 48.1 Å². The zero-order valence-electron chi connectivity index (χ0n) is 9.60. The molecule has 5 heteroatoms. The van der Waals surface area contributed by atoms with Gasteiger partial charge in [0.05, 0.1) is 11.3 Å². The highest BCUT2D eigenvalue weighted by molar-refractivity contribution is 5.87. The van der Waals surface area contributed by atoms with Crippen LogP contribution in [0.15, 0.2) is 18.3 Å². The summed E-state index contributed by atoms with van der Waals surface area (Å²) in [6.45, 7) is 2.45. The summed E-state index contributed by atoms with van der Waals surface area (Å²) in [6.07, 6.45) is 1.53. The molecule has 0 aromatic carbocycles. The number of pyridine rings is 1. The van der Waals surface area contributed by atoms with Crippen molar-refractivity contribution in [3.63, 3.8) is 0 Å². The van der Waals surface area contributed by atoms with Gasteiger partial charge in [0.25, 0.3) is 0 Å². The van der Waals surface area contributed by atoms with Gasteiger partial charge in [0.15, 0.2) is 0 Å². The van der Waals surface area contributed by atoms with Gasteiger partial charge in [-0.2, -0.15) is 0 Å². The molecule has 0 saturated carbocycles. The molecule has 0 bridgehead atoms. The van der Waals surface area contributed by atoms with Gasteiger partial charge in [0, 0.05) is 25.8 Å². The molecule has 2 N–H and O–H groups in total. The Bertz CT molecular complexity index is 355. The first-order chi connectivity index (χ1) is 7.63. The number of hydrogen-bond acceptors (Lipinski definition) is 4. The van der Waals surface area contributed by atoms with Crippen molar-refractivity contribution in [1.29, 1.82) is 0 Å². The van der Waals surface area contributed by atoms with E-state index in [0.717, 1.165) is 18.8 Å². The molecule has 0 amide bonds. The van der Waals surface area contributed by atoms with Crippen molar-refractivity contribution in [3.8, 4) is 0 Å². The summed E-state index contributed by atoms with van der Waals surface area (Å²) >= 11 is 0. The fourth-order valence-electron chi connectivity index (χ4n) is 1.36. The zero-order valence-corrected chi connectivity index (χ0v) is 9.60. The van der Waals surface area contributed by atoms with E-state index in [0.29, 0.717) is 6.54 Å². The van der Waals surface area contributed by atoms with E-state index in [-0.39, 0.29) is 5.56 Å². The van der Waals surface area contributed by atoms with Crippen molar-refractivity contribution in [3.05, 3.63) is 29.6 Å². The summed E-state index contributed by atoms with van der Waals surface area (Å²) in [5.74, 6) is -0.915. The van der Waals surface area contributed by atoms with Crippen molar-refractivity contribution in [1.82, 2.24) is 15.2 Å². The SMILES string of the molecule is CNCCN(C)Cc1cc(C(=O)O)ccn1. The summed E-state index contributed by atoms with van der Waals surface area (Å²) in [5, 5.41) is 11.9. The molecule has 0 saturated heterocycles. The molecule has 1 rings (SSSR count). The number of carbonyl (C=O) groups is 1. The topological polar surface area (TPSA) is 65.5 Å². The maximum Gasteiger partial charge on any atom is 0.335 e. The van der Waals surface area contributed by atoms with Crippen molar-refractivity contribution in [2.24, 2.45) is 0 Å². The number of rotatable bonds is 6. The largest absolute Gasteiger partial charge is 0.478 e. The number of hydrogen-bond donors (Lipinski definition) is 2. The molecule has 16 heavy (non-hydrogen) atoms. The summed E-state index contributed by atoms with van der Waals surface area (Å²) in [6, 6.07) is 3.11. The lowest BCUT2D eigenvalue weighted by molar-refractivity contribution is 0.0696. The average molecular weight is 223 g/mol. The monoisotopic (exact) mass is 223 g/mol. The zero-order chi connectivity index (χ0) is 12.0. The lowest BCUT2D eigenvalue weighted by Gasteiger charge is -2.15. The number of nitrogens with one attached hydrogen (secondary N) is 1. The molecule has 0 unspecified atom stereocenters. The third-order valence-electron chi connectivity index (χ3n) is 2.24. The van der Waals surface area contributed by atoms with Crippen molar-refractivity contribution in [2.45, 2.75) is 6.54 Å². The first-order valence-electron chi connectivity index (χ1n) is 5.15. The van der Waals surface area contributed by atoms with Crippen LogP contribution >= 0.6 is 0 Å². The van der Waals surface area contributed by atoms with E-state index >= 15 is 0 Å². The van der Waals surface area contributed by atoms with Crippen LogP contribution in [-0.2, 0) is 6.54 Å². The standard InChI is InChI=1S/C11H17N3O2/c1-12-5-6-14(2)8-10-7-9(11(15)16)3-4-13-10/h3-4,7,12H,5-6,8H2,1-2H3,(H,15,16). The fraction of sp³-hybridized carbons (Fsp3) is 0.455. The molecule has 88 valence electrons. The Hall–Kier alpha value is -1.46. The third kappa shape index (κ3) is 3.96. The predicted molar refractivity (Wildman–Crippen MR) is 61.5 cm³/mol. The molecule has 1 heterocycles. The second-order valence-electron chi connectivity index (χ2n) is 3.68. The van der Waals surface area contributed by atoms with Crippen LogP contribution in [0.2, 0.25) is 0 Å². The highest BCUT2D eigenvalue weighted by atomic mass is 16.4. The Kier molecular flexibility index (Phi) is 4.88. The van der Waals surface area contributed by atoms with Crippen LogP contribution in [0.1, 0.15) is 16.1 Å². The molecule has 0 aliphatic rings. The molecule has 5 nitrogen and oxygen atoms in total. The lowest BCUT2D eigenvalue weighted by atomic mass is 10.2. The van der Waals surface area contributed by atoms with Gasteiger partial charge in [-0.25, -0.2) is 4.79 Å². The minimum absolute atomic E-state index is 0.284. The van der Waals surface area contributed by atoms with Crippen LogP contribution in [0.3, 0.4) is 0 Å². The molecule has 0 atom stereocenters. The third-order valence-corrected chi connectivity index (χ3v) is 2.24. The lowest BCUT2D eigenvalue weighted by Crippen LogP contribution is -2.27. The van der Waals surface area contributed by atoms with Gasteiger partial charge in [0.1, 0.15) is 0 Å². The predicted octanol–water partition coefficient (Wildman–Crippen LogP) is 0.431. The molecule has 0 aliphatic carbocycles. The van der Waals surface area contributed by atoms with Gasteiger partial charge < -0.3 is 10.4 Å². The van der Waals surface area contributed by atoms with E-state index < -0.39 is 5.97 Å². The number of likely N-dealkylation sites (N-methyl/N-ethyl adjacent to an activating group) is 2. The molecule has 0 spiro atoms. The van der Waals surface area contributed by atoms with Gasteiger partial charge in [-0.15, -0.1) is 0 Å². The quantitative estimate of drug-likeness (QED) is 0.732. The molecule has 0 radical (unpaired) electrons. The second-order valence-corrected chi connectivity index (χ2v) is 3.68.